The predicted molar refractivity (Wildman–Crippen MR) is 126 cm³/mol. The fraction of sp³-hybridized carbons (Fsp3) is 0.444. The molecule has 0 amide bonds. The van der Waals surface area contributed by atoms with Crippen molar-refractivity contribution in [3.63, 3.8) is 0 Å². The highest BCUT2D eigenvalue weighted by atomic mass is 16.5. The molecule has 3 rings (SSSR count). The van der Waals surface area contributed by atoms with Crippen molar-refractivity contribution in [3.05, 3.63) is 71.8 Å². The molecule has 1 aliphatic rings. The van der Waals surface area contributed by atoms with Crippen LogP contribution in [0.4, 0.5) is 0 Å². The number of carbonyl (C=O) groups excluding carboxylic acids is 1. The van der Waals surface area contributed by atoms with Crippen molar-refractivity contribution in [1.29, 1.82) is 0 Å². The summed E-state index contributed by atoms with van der Waals surface area (Å²) in [6, 6.07) is 15.6. The van der Waals surface area contributed by atoms with E-state index in [0.717, 1.165) is 29.0 Å². The summed E-state index contributed by atoms with van der Waals surface area (Å²) in [5.74, 6) is 0.907. The fourth-order valence-electron chi connectivity index (χ4n) is 3.96. The molecule has 0 fully saturated rings. The first-order valence-electron chi connectivity index (χ1n) is 11.4. The van der Waals surface area contributed by atoms with Gasteiger partial charge in [-0.25, -0.2) is 0 Å². The monoisotopic (exact) mass is 454 g/mol. The molecule has 0 saturated heterocycles. The van der Waals surface area contributed by atoms with Crippen molar-refractivity contribution in [2.75, 3.05) is 20.8 Å². The fourth-order valence-corrected chi connectivity index (χ4v) is 3.96. The van der Waals surface area contributed by atoms with Crippen molar-refractivity contribution in [2.45, 2.75) is 45.7 Å². The summed E-state index contributed by atoms with van der Waals surface area (Å²) in [6.45, 7) is 4.93. The van der Waals surface area contributed by atoms with Crippen LogP contribution in [0.25, 0.3) is 0 Å². The lowest BCUT2D eigenvalue weighted by molar-refractivity contribution is -0.155. The molecular weight excluding hydrogens is 420 g/mol. The first kappa shape index (κ1) is 24.8. The molecule has 0 aliphatic heterocycles. The topological polar surface area (TPSA) is 63.2 Å². The molecule has 0 aromatic heterocycles. The highest BCUT2D eigenvalue weighted by Gasteiger charge is 2.38. The van der Waals surface area contributed by atoms with Crippen LogP contribution in [0, 0.1) is 11.8 Å². The summed E-state index contributed by atoms with van der Waals surface area (Å²) in [4.78, 5) is 12.5. The Kier molecular flexibility index (Phi) is 9.34. The number of ether oxygens (including phenoxy) is 5. The van der Waals surface area contributed by atoms with E-state index in [1.165, 1.54) is 0 Å². The Morgan fingerprint density at radius 2 is 1.45 bits per heavy atom. The third-order valence-corrected chi connectivity index (χ3v) is 5.93. The van der Waals surface area contributed by atoms with Crippen molar-refractivity contribution in [2.24, 2.45) is 11.8 Å². The van der Waals surface area contributed by atoms with E-state index in [9.17, 15) is 4.79 Å². The molecule has 4 atom stereocenters. The summed E-state index contributed by atoms with van der Waals surface area (Å²) >= 11 is 0. The Morgan fingerprint density at radius 3 is 1.97 bits per heavy atom. The molecule has 0 spiro atoms. The number of hydrogen-bond acceptors (Lipinski definition) is 6. The van der Waals surface area contributed by atoms with Gasteiger partial charge in [-0.3, -0.25) is 4.79 Å². The molecule has 33 heavy (non-hydrogen) atoms. The number of benzene rings is 2. The molecule has 6 heteroatoms. The van der Waals surface area contributed by atoms with Crippen LogP contribution in [0.2, 0.25) is 0 Å². The number of hydrogen-bond donors (Lipinski definition) is 0. The van der Waals surface area contributed by atoms with Gasteiger partial charge < -0.3 is 23.7 Å². The molecule has 0 N–H and O–H groups in total. The van der Waals surface area contributed by atoms with Gasteiger partial charge in [0.05, 0.1) is 52.2 Å². The van der Waals surface area contributed by atoms with E-state index in [1.54, 1.807) is 14.2 Å². The Hall–Kier alpha value is -2.83. The van der Waals surface area contributed by atoms with Gasteiger partial charge >= 0.3 is 5.97 Å². The molecular formula is C27H34O6. The number of esters is 1. The minimum absolute atomic E-state index is 0.142. The second-order valence-corrected chi connectivity index (χ2v) is 8.10. The van der Waals surface area contributed by atoms with E-state index in [-0.39, 0.29) is 30.0 Å². The molecule has 178 valence electrons. The SMILES string of the molecule is CCOC(=O)C(C)[C@@H]1C=CC[C@H](OCc2ccc(OC)cc2)[C@H]1OCc1ccc(OC)cc1. The average molecular weight is 455 g/mol. The Balaban J connectivity index is 1.73. The summed E-state index contributed by atoms with van der Waals surface area (Å²) in [5.41, 5.74) is 2.08. The number of carbonyl (C=O) groups is 1. The molecule has 2 aromatic rings. The molecule has 0 bridgehead atoms. The van der Waals surface area contributed by atoms with Crippen molar-refractivity contribution >= 4 is 5.97 Å². The lowest BCUT2D eigenvalue weighted by Crippen LogP contribution is -2.43. The number of methoxy groups -OCH3 is 2. The zero-order valence-corrected chi connectivity index (χ0v) is 19.9. The maximum absolute atomic E-state index is 12.5. The maximum Gasteiger partial charge on any atom is 0.309 e. The van der Waals surface area contributed by atoms with Crippen molar-refractivity contribution < 1.29 is 28.5 Å². The van der Waals surface area contributed by atoms with Crippen molar-refractivity contribution in [3.8, 4) is 11.5 Å². The third kappa shape index (κ3) is 6.83. The van der Waals surface area contributed by atoms with Crippen molar-refractivity contribution in [1.82, 2.24) is 0 Å². The predicted octanol–water partition coefficient (Wildman–Crippen LogP) is 4.95. The highest BCUT2D eigenvalue weighted by molar-refractivity contribution is 5.72. The van der Waals surface area contributed by atoms with Gasteiger partial charge in [-0.1, -0.05) is 43.3 Å². The van der Waals surface area contributed by atoms with Gasteiger partial charge in [0, 0.05) is 5.92 Å². The molecule has 1 unspecified atom stereocenters. The van der Waals surface area contributed by atoms with Gasteiger partial charge in [0.15, 0.2) is 0 Å². The Morgan fingerprint density at radius 1 is 0.909 bits per heavy atom. The second kappa shape index (κ2) is 12.4. The van der Waals surface area contributed by atoms with E-state index < -0.39 is 0 Å². The molecule has 2 aromatic carbocycles. The zero-order valence-electron chi connectivity index (χ0n) is 19.9. The molecule has 0 saturated carbocycles. The van der Waals surface area contributed by atoms with E-state index in [0.29, 0.717) is 19.8 Å². The standard InChI is InChI=1S/C27H34O6/c1-5-31-27(28)19(2)24-7-6-8-25(32-17-20-9-13-22(29-3)14-10-20)26(24)33-18-21-11-15-23(30-4)16-12-21/h6-7,9-16,19,24-26H,5,8,17-18H2,1-4H3/t19?,24-,25-,26-/m0/s1. The molecule has 0 radical (unpaired) electrons. The van der Waals surface area contributed by atoms with Gasteiger partial charge in [0.2, 0.25) is 0 Å². The van der Waals surface area contributed by atoms with E-state index >= 15 is 0 Å². The van der Waals surface area contributed by atoms with Crippen LogP contribution < -0.4 is 9.47 Å². The quantitative estimate of drug-likeness (QED) is 0.354. The molecule has 1 aliphatic carbocycles. The van der Waals surface area contributed by atoms with Gasteiger partial charge in [-0.05, 0) is 48.7 Å². The highest BCUT2D eigenvalue weighted by Crippen LogP contribution is 2.32. The maximum atomic E-state index is 12.5. The first-order chi connectivity index (χ1) is 16.0. The van der Waals surface area contributed by atoms with Crippen LogP contribution in [0.15, 0.2) is 60.7 Å². The largest absolute Gasteiger partial charge is 0.497 e. The summed E-state index contributed by atoms with van der Waals surface area (Å²) in [5, 5.41) is 0. The van der Waals surface area contributed by atoms with Gasteiger partial charge in [0.1, 0.15) is 11.5 Å². The minimum atomic E-state index is -0.338. The molecule has 6 nitrogen and oxygen atoms in total. The Bertz CT molecular complexity index is 890. The second-order valence-electron chi connectivity index (χ2n) is 8.10. The summed E-state index contributed by atoms with van der Waals surface area (Å²) in [7, 11) is 3.29. The van der Waals surface area contributed by atoms with E-state index in [1.807, 2.05) is 62.4 Å². The summed E-state index contributed by atoms with van der Waals surface area (Å²) < 4.78 is 28.5. The van der Waals surface area contributed by atoms with Crippen LogP contribution in [0.3, 0.4) is 0 Å². The van der Waals surface area contributed by atoms with Crippen LogP contribution in [-0.2, 0) is 32.2 Å². The lowest BCUT2D eigenvalue weighted by atomic mass is 9.81. The normalized spacial score (nSPS) is 20.8. The summed E-state index contributed by atoms with van der Waals surface area (Å²) in [6.07, 6.45) is 4.39. The number of rotatable bonds is 11. The van der Waals surface area contributed by atoms with Crippen LogP contribution in [0.5, 0.6) is 11.5 Å². The average Bonchev–Trinajstić information content (AvgIpc) is 2.86. The van der Waals surface area contributed by atoms with Crippen LogP contribution in [0.1, 0.15) is 31.4 Å². The van der Waals surface area contributed by atoms with Crippen LogP contribution >= 0.6 is 0 Å². The van der Waals surface area contributed by atoms with E-state index in [2.05, 4.69) is 12.2 Å². The Labute approximate surface area is 196 Å². The zero-order chi connectivity index (χ0) is 23.6. The van der Waals surface area contributed by atoms with Gasteiger partial charge in [0.25, 0.3) is 0 Å². The first-order valence-corrected chi connectivity index (χ1v) is 11.4. The van der Waals surface area contributed by atoms with E-state index in [4.69, 9.17) is 23.7 Å². The smallest absolute Gasteiger partial charge is 0.309 e. The van der Waals surface area contributed by atoms with Gasteiger partial charge in [-0.2, -0.15) is 0 Å². The lowest BCUT2D eigenvalue weighted by Gasteiger charge is -2.37. The third-order valence-electron chi connectivity index (χ3n) is 5.93. The van der Waals surface area contributed by atoms with Gasteiger partial charge in [-0.15, -0.1) is 0 Å². The minimum Gasteiger partial charge on any atom is -0.497 e. The van der Waals surface area contributed by atoms with Crippen LogP contribution in [-0.4, -0.2) is 39.0 Å². The molecule has 0 heterocycles.